The highest BCUT2D eigenvalue weighted by Gasteiger charge is 2.27. The fourth-order valence-electron chi connectivity index (χ4n) is 5.21. The fraction of sp³-hybridized carbons (Fsp3) is 0.125. The molecule has 0 saturated heterocycles. The van der Waals surface area contributed by atoms with Gasteiger partial charge in [-0.3, -0.25) is 4.72 Å². The molecule has 46 heavy (non-hydrogen) atoms. The Morgan fingerprint density at radius 3 is 2.28 bits per heavy atom. The number of ether oxygens (including phenoxy) is 1. The van der Waals surface area contributed by atoms with Crippen LogP contribution in [-0.2, 0) is 20.0 Å². The monoisotopic (exact) mass is 664 g/mol. The lowest BCUT2D eigenvalue weighted by Gasteiger charge is -2.16. The minimum Gasteiger partial charge on any atom is -0.454 e. The Labute approximate surface area is 263 Å². The van der Waals surface area contributed by atoms with Crippen LogP contribution in [0.25, 0.3) is 22.2 Å². The summed E-state index contributed by atoms with van der Waals surface area (Å²) in [5.41, 5.74) is 2.05. The summed E-state index contributed by atoms with van der Waals surface area (Å²) in [7, 11) is -8.23. The van der Waals surface area contributed by atoms with E-state index in [4.69, 9.17) is 9.26 Å². The van der Waals surface area contributed by atoms with Gasteiger partial charge in [0.25, 0.3) is 20.0 Å². The Morgan fingerprint density at radius 2 is 1.59 bits per heavy atom. The van der Waals surface area contributed by atoms with Crippen LogP contribution in [0.5, 0.6) is 11.5 Å². The second kappa shape index (κ2) is 11.4. The number of pyridine rings is 1. The van der Waals surface area contributed by atoms with Crippen LogP contribution in [0.4, 0.5) is 14.5 Å². The average Bonchev–Trinajstić information content (AvgIpc) is 3.57. The number of hydrogen-bond acceptors (Lipinski definition) is 8. The predicted octanol–water partition coefficient (Wildman–Crippen LogP) is 7.03. The molecule has 3 aromatic heterocycles. The maximum atomic E-state index is 14.7. The molecule has 0 saturated carbocycles. The zero-order valence-electron chi connectivity index (χ0n) is 24.9. The Hall–Kier alpha value is -5.08. The smallest absolute Gasteiger partial charge is 0.269 e. The molecule has 0 fully saturated rings. The summed E-state index contributed by atoms with van der Waals surface area (Å²) in [5.74, 6) is -1.86. The van der Waals surface area contributed by atoms with E-state index in [-0.39, 0.29) is 49.6 Å². The van der Waals surface area contributed by atoms with Crippen LogP contribution >= 0.6 is 0 Å². The van der Waals surface area contributed by atoms with Gasteiger partial charge in [0.05, 0.1) is 4.90 Å². The molecule has 236 valence electrons. The van der Waals surface area contributed by atoms with Gasteiger partial charge in [0.2, 0.25) is 0 Å². The van der Waals surface area contributed by atoms with Gasteiger partial charge >= 0.3 is 0 Å². The number of fused-ring (bicyclic) bond motifs is 1. The van der Waals surface area contributed by atoms with Crippen LogP contribution in [0.3, 0.4) is 0 Å². The molecule has 0 amide bonds. The van der Waals surface area contributed by atoms with Crippen LogP contribution in [-0.4, -0.2) is 30.9 Å². The lowest BCUT2D eigenvalue weighted by Crippen LogP contribution is -2.14. The van der Waals surface area contributed by atoms with Crippen molar-refractivity contribution in [1.82, 2.24) is 14.1 Å². The van der Waals surface area contributed by atoms with Crippen molar-refractivity contribution in [3.8, 4) is 22.6 Å². The van der Waals surface area contributed by atoms with Crippen LogP contribution in [0.1, 0.15) is 22.7 Å². The summed E-state index contributed by atoms with van der Waals surface area (Å²) in [4.78, 5) is 4.51. The summed E-state index contributed by atoms with van der Waals surface area (Å²) in [6.07, 6.45) is 1.38. The average molecular weight is 665 g/mol. The first-order valence-electron chi connectivity index (χ1n) is 13.8. The van der Waals surface area contributed by atoms with E-state index in [0.29, 0.717) is 28.3 Å². The predicted molar refractivity (Wildman–Crippen MR) is 167 cm³/mol. The van der Waals surface area contributed by atoms with Gasteiger partial charge in [-0.25, -0.2) is 34.6 Å². The van der Waals surface area contributed by atoms with Gasteiger partial charge in [-0.1, -0.05) is 23.4 Å². The number of hydrogen-bond donors (Lipinski definition) is 1. The Kier molecular flexibility index (Phi) is 7.65. The highest BCUT2D eigenvalue weighted by Crippen LogP contribution is 2.41. The van der Waals surface area contributed by atoms with Crippen LogP contribution in [0.2, 0.25) is 0 Å². The Morgan fingerprint density at radius 1 is 0.848 bits per heavy atom. The minimum absolute atomic E-state index is 0.0761. The number of aromatic nitrogens is 3. The maximum Gasteiger partial charge on any atom is 0.269 e. The van der Waals surface area contributed by atoms with Gasteiger partial charge in [-0.05, 0) is 87.4 Å². The number of anilines is 1. The molecule has 0 aliphatic heterocycles. The third-order valence-corrected chi connectivity index (χ3v) is 10.7. The van der Waals surface area contributed by atoms with E-state index in [1.807, 2.05) is 0 Å². The molecule has 0 spiro atoms. The van der Waals surface area contributed by atoms with Gasteiger partial charge in [-0.2, -0.15) is 0 Å². The summed E-state index contributed by atoms with van der Waals surface area (Å²) in [6, 6.07) is 16.9. The lowest BCUT2D eigenvalue weighted by atomic mass is 10.0. The van der Waals surface area contributed by atoms with Crippen molar-refractivity contribution in [2.24, 2.45) is 0 Å². The molecule has 10 nitrogen and oxygen atoms in total. The molecular weight excluding hydrogens is 639 g/mol. The van der Waals surface area contributed by atoms with E-state index in [0.717, 1.165) is 16.1 Å². The van der Waals surface area contributed by atoms with E-state index in [1.54, 1.807) is 44.2 Å². The van der Waals surface area contributed by atoms with Crippen LogP contribution in [0, 0.1) is 39.3 Å². The molecule has 6 aromatic rings. The van der Waals surface area contributed by atoms with E-state index in [2.05, 4.69) is 14.9 Å². The lowest BCUT2D eigenvalue weighted by molar-refractivity contribution is 0.390. The van der Waals surface area contributed by atoms with E-state index in [9.17, 15) is 25.6 Å². The first kappa shape index (κ1) is 30.9. The van der Waals surface area contributed by atoms with E-state index in [1.165, 1.54) is 44.3 Å². The van der Waals surface area contributed by atoms with Crippen LogP contribution < -0.4 is 9.46 Å². The molecule has 0 aliphatic rings. The summed E-state index contributed by atoms with van der Waals surface area (Å²) in [5, 5.41) is 4.11. The standard InChI is InChI=1S/C32H26F2N4O6S2/c1-18-7-5-6-8-30(18)46(41,42)38-14-13-24-25(15-19(2)35-32(24)38)26-17-23(37-45(39,40)31-20(3)36-44-21(31)4)10-12-28(26)43-29-11-9-22(33)16-27(29)34/h5-17,37H,1-4H3. The third-order valence-electron chi connectivity index (χ3n) is 7.25. The molecule has 1 N–H and O–H groups in total. The van der Waals surface area contributed by atoms with Crippen molar-refractivity contribution >= 4 is 36.8 Å². The normalized spacial score (nSPS) is 12.0. The number of sulfonamides is 1. The van der Waals surface area contributed by atoms with Crippen LogP contribution in [0.15, 0.2) is 93.3 Å². The quantitative estimate of drug-likeness (QED) is 0.183. The van der Waals surface area contributed by atoms with Gasteiger partial charge in [-0.15, -0.1) is 0 Å². The molecule has 3 heterocycles. The van der Waals surface area contributed by atoms with Crippen molar-refractivity contribution in [1.29, 1.82) is 0 Å². The van der Waals surface area contributed by atoms with E-state index >= 15 is 0 Å². The molecule has 6 rings (SSSR count). The molecule has 3 aromatic carbocycles. The van der Waals surface area contributed by atoms with Crippen molar-refractivity contribution in [2.75, 3.05) is 4.72 Å². The number of nitrogens with one attached hydrogen (secondary N) is 1. The molecule has 0 atom stereocenters. The van der Waals surface area contributed by atoms with Crippen molar-refractivity contribution in [2.45, 2.75) is 37.5 Å². The molecule has 0 unspecified atom stereocenters. The Bertz CT molecular complexity index is 2370. The van der Waals surface area contributed by atoms with E-state index < -0.39 is 31.7 Å². The zero-order valence-corrected chi connectivity index (χ0v) is 26.5. The minimum atomic E-state index is -4.16. The van der Waals surface area contributed by atoms with Crippen molar-refractivity contribution in [3.05, 3.63) is 113 Å². The first-order valence-corrected chi connectivity index (χ1v) is 16.7. The third kappa shape index (κ3) is 5.49. The zero-order chi connectivity index (χ0) is 33.0. The summed E-state index contributed by atoms with van der Waals surface area (Å²) < 4.78 is 97.1. The second-order valence-electron chi connectivity index (χ2n) is 10.6. The first-order chi connectivity index (χ1) is 21.8. The molecule has 0 radical (unpaired) electrons. The molecule has 0 bridgehead atoms. The topological polar surface area (TPSA) is 133 Å². The Balaban J connectivity index is 1.55. The maximum absolute atomic E-state index is 14.7. The highest BCUT2D eigenvalue weighted by molar-refractivity contribution is 7.92. The fourth-order valence-corrected chi connectivity index (χ4v) is 8.12. The summed E-state index contributed by atoms with van der Waals surface area (Å²) >= 11 is 0. The number of nitrogens with zero attached hydrogens (tertiary/aromatic N) is 3. The van der Waals surface area contributed by atoms with Crippen molar-refractivity contribution < 1.29 is 34.9 Å². The highest BCUT2D eigenvalue weighted by atomic mass is 32.2. The number of rotatable bonds is 8. The van der Waals surface area contributed by atoms with Gasteiger partial charge in [0.15, 0.2) is 27.9 Å². The summed E-state index contributed by atoms with van der Waals surface area (Å²) in [6.45, 7) is 6.33. The largest absolute Gasteiger partial charge is 0.454 e. The van der Waals surface area contributed by atoms with Crippen molar-refractivity contribution in [3.63, 3.8) is 0 Å². The SMILES string of the molecule is Cc1cc(-c2cc(NS(=O)(=O)c3c(C)noc3C)ccc2Oc2ccc(F)cc2F)c2ccn(S(=O)(=O)c3ccccc3C)c2n1. The second-order valence-corrected chi connectivity index (χ2v) is 14.0. The van der Waals surface area contributed by atoms with Gasteiger partial charge in [0.1, 0.15) is 17.3 Å². The molecular formula is C32H26F2N4O6S2. The molecule has 14 heteroatoms. The van der Waals surface area contributed by atoms with Gasteiger partial charge in [0, 0.05) is 34.6 Å². The number of aryl methyl sites for hydroxylation is 4. The number of benzene rings is 3. The van der Waals surface area contributed by atoms with Gasteiger partial charge < -0.3 is 9.26 Å². The molecule has 0 aliphatic carbocycles. The number of halogens is 2.